The zero-order valence-electron chi connectivity index (χ0n) is 19.5. The van der Waals surface area contributed by atoms with Crippen LogP contribution in [0.2, 0.25) is 0 Å². The quantitative estimate of drug-likeness (QED) is 0.268. The van der Waals surface area contributed by atoms with Crippen LogP contribution in [0.1, 0.15) is 45.2 Å². The Morgan fingerprint density at radius 1 is 1.10 bits per heavy atom. The van der Waals surface area contributed by atoms with Crippen molar-refractivity contribution in [2.45, 2.75) is 45.7 Å². The maximum atomic E-state index is 5.95. The molecule has 3 fully saturated rings. The van der Waals surface area contributed by atoms with Gasteiger partial charge in [-0.15, -0.1) is 24.0 Å². The molecule has 2 unspecified atom stereocenters. The molecular weight excluding hydrogens is 505 g/mol. The zero-order valence-corrected chi connectivity index (χ0v) is 21.9. The summed E-state index contributed by atoms with van der Waals surface area (Å²) in [4.78, 5) is 9.59. The first-order valence-corrected chi connectivity index (χ1v) is 11.5. The minimum absolute atomic E-state index is 0. The smallest absolute Gasteiger partial charge is 0.191 e. The molecule has 2 bridgehead atoms. The minimum Gasteiger partial charge on any atom is -0.490 e. The Morgan fingerprint density at radius 2 is 1.77 bits per heavy atom. The van der Waals surface area contributed by atoms with Gasteiger partial charge < -0.3 is 20.1 Å². The molecule has 2 atom stereocenters. The fraction of sp³-hybridized carbons (Fsp3) is 0.696. The number of hydrogen-bond acceptors (Lipinski definition) is 5. The highest BCUT2D eigenvalue weighted by Gasteiger charge is 2.31. The summed E-state index contributed by atoms with van der Waals surface area (Å²) in [5.74, 6) is 2.47. The summed E-state index contributed by atoms with van der Waals surface area (Å²) in [6.45, 7) is 14.6. The van der Waals surface area contributed by atoms with Crippen molar-refractivity contribution in [3.05, 3.63) is 23.8 Å². The van der Waals surface area contributed by atoms with Gasteiger partial charge in [-0.3, -0.25) is 14.8 Å². The van der Waals surface area contributed by atoms with Gasteiger partial charge in [-0.25, -0.2) is 0 Å². The fourth-order valence-corrected chi connectivity index (χ4v) is 4.07. The van der Waals surface area contributed by atoms with Crippen LogP contribution in [-0.4, -0.2) is 81.3 Å². The summed E-state index contributed by atoms with van der Waals surface area (Å²) < 4.78 is 11.8. The number of nitrogens with zero attached hydrogens (tertiary/aromatic N) is 3. The summed E-state index contributed by atoms with van der Waals surface area (Å²) in [6, 6.07) is 6.88. The Morgan fingerprint density at radius 3 is 2.35 bits per heavy atom. The first kappa shape index (κ1) is 26.0. The number of rotatable bonds is 10. The van der Waals surface area contributed by atoms with Crippen molar-refractivity contribution < 1.29 is 9.47 Å². The molecule has 0 spiro atoms. The highest BCUT2D eigenvalue weighted by molar-refractivity contribution is 14.0. The topological polar surface area (TPSA) is 61.4 Å². The Kier molecular flexibility index (Phi) is 11.2. The number of piperazine rings is 3. The van der Waals surface area contributed by atoms with E-state index in [1.54, 1.807) is 0 Å². The van der Waals surface area contributed by atoms with E-state index in [1.807, 2.05) is 13.1 Å². The second-order valence-electron chi connectivity index (χ2n) is 8.21. The van der Waals surface area contributed by atoms with Gasteiger partial charge in [-0.1, -0.05) is 19.9 Å². The Labute approximate surface area is 205 Å². The Hall–Kier alpha value is -1.26. The summed E-state index contributed by atoms with van der Waals surface area (Å²) in [5, 5.41) is 7.05. The third-order valence-corrected chi connectivity index (χ3v) is 5.87. The predicted molar refractivity (Wildman–Crippen MR) is 138 cm³/mol. The van der Waals surface area contributed by atoms with E-state index in [2.05, 4.69) is 58.3 Å². The lowest BCUT2D eigenvalue weighted by atomic mass is 10.1. The van der Waals surface area contributed by atoms with Crippen molar-refractivity contribution in [1.29, 1.82) is 0 Å². The van der Waals surface area contributed by atoms with Crippen LogP contribution in [0.3, 0.4) is 0 Å². The molecule has 3 heterocycles. The molecular formula is C23H40IN5O2. The molecule has 1 aromatic rings. The molecule has 176 valence electrons. The molecule has 3 saturated heterocycles. The van der Waals surface area contributed by atoms with Crippen molar-refractivity contribution in [1.82, 2.24) is 20.4 Å². The van der Waals surface area contributed by atoms with Gasteiger partial charge in [0.1, 0.15) is 0 Å². The summed E-state index contributed by atoms with van der Waals surface area (Å²) in [7, 11) is 1.83. The van der Waals surface area contributed by atoms with Crippen LogP contribution in [0.4, 0.5) is 0 Å². The molecule has 0 aliphatic carbocycles. The largest absolute Gasteiger partial charge is 0.490 e. The number of ether oxygens (including phenoxy) is 2. The third kappa shape index (κ3) is 7.39. The molecule has 7 nitrogen and oxygen atoms in total. The summed E-state index contributed by atoms with van der Waals surface area (Å²) in [6.07, 6.45) is 1.95. The van der Waals surface area contributed by atoms with Crippen LogP contribution in [0.5, 0.6) is 11.5 Å². The van der Waals surface area contributed by atoms with Gasteiger partial charge in [0.15, 0.2) is 17.5 Å². The SMILES string of the molecule is CCCOc1ccc(C(C)NC(=NC)NCC2CN3CCN2CC3)cc1OCCC.I. The predicted octanol–water partition coefficient (Wildman–Crippen LogP) is 3.11. The first-order chi connectivity index (χ1) is 14.6. The molecule has 0 radical (unpaired) electrons. The maximum Gasteiger partial charge on any atom is 0.191 e. The number of halogens is 1. The lowest BCUT2D eigenvalue weighted by molar-refractivity contribution is 0.0154. The number of nitrogens with one attached hydrogen (secondary N) is 2. The van der Waals surface area contributed by atoms with Crippen LogP contribution in [-0.2, 0) is 0 Å². The standard InChI is InChI=1S/C23H39N5O2.HI/c1-5-13-29-21-8-7-19(15-22(21)30-14-6-2)18(3)26-23(24-4)25-16-20-17-27-9-11-28(20)12-10-27;/h7-8,15,18,20H,5-6,9-14,16-17H2,1-4H3,(H2,24,25,26);1H. The Balaban J connectivity index is 0.00000341. The molecule has 8 heteroatoms. The van der Waals surface area contributed by atoms with Gasteiger partial charge in [0.05, 0.1) is 19.3 Å². The average molecular weight is 546 g/mol. The van der Waals surface area contributed by atoms with Gasteiger partial charge in [0, 0.05) is 52.4 Å². The van der Waals surface area contributed by atoms with Crippen LogP contribution >= 0.6 is 24.0 Å². The molecule has 2 N–H and O–H groups in total. The molecule has 1 aromatic carbocycles. The van der Waals surface area contributed by atoms with E-state index in [9.17, 15) is 0 Å². The van der Waals surface area contributed by atoms with Gasteiger partial charge >= 0.3 is 0 Å². The number of benzene rings is 1. The van der Waals surface area contributed by atoms with Crippen molar-refractivity contribution in [3.63, 3.8) is 0 Å². The fourth-order valence-electron chi connectivity index (χ4n) is 4.07. The second kappa shape index (κ2) is 13.3. The van der Waals surface area contributed by atoms with E-state index in [1.165, 1.54) is 26.2 Å². The molecule has 3 aliphatic heterocycles. The van der Waals surface area contributed by atoms with E-state index in [4.69, 9.17) is 9.47 Å². The highest BCUT2D eigenvalue weighted by Crippen LogP contribution is 2.31. The minimum atomic E-state index is 0. The maximum absolute atomic E-state index is 5.95. The van der Waals surface area contributed by atoms with Crippen molar-refractivity contribution in [2.75, 3.05) is 59.5 Å². The lowest BCUT2D eigenvalue weighted by Gasteiger charge is -2.47. The second-order valence-corrected chi connectivity index (χ2v) is 8.21. The van der Waals surface area contributed by atoms with Crippen LogP contribution < -0.4 is 20.1 Å². The molecule has 31 heavy (non-hydrogen) atoms. The first-order valence-electron chi connectivity index (χ1n) is 11.5. The van der Waals surface area contributed by atoms with Crippen molar-refractivity contribution in [2.24, 2.45) is 4.99 Å². The third-order valence-electron chi connectivity index (χ3n) is 5.87. The zero-order chi connectivity index (χ0) is 21.3. The van der Waals surface area contributed by atoms with Crippen LogP contribution in [0.15, 0.2) is 23.2 Å². The van der Waals surface area contributed by atoms with Gasteiger partial charge in [0.2, 0.25) is 0 Å². The molecule has 4 rings (SSSR count). The molecule has 0 amide bonds. The number of guanidine groups is 1. The average Bonchev–Trinajstić information content (AvgIpc) is 2.79. The molecule has 3 aliphatic rings. The number of hydrogen-bond donors (Lipinski definition) is 2. The highest BCUT2D eigenvalue weighted by atomic mass is 127. The normalized spacial score (nSPS) is 23.6. The van der Waals surface area contributed by atoms with E-state index >= 15 is 0 Å². The van der Waals surface area contributed by atoms with Gasteiger partial charge in [-0.05, 0) is 37.5 Å². The van der Waals surface area contributed by atoms with Crippen LogP contribution in [0, 0.1) is 0 Å². The van der Waals surface area contributed by atoms with E-state index in [0.29, 0.717) is 19.3 Å². The van der Waals surface area contributed by atoms with Crippen molar-refractivity contribution >= 4 is 29.9 Å². The summed E-state index contributed by atoms with van der Waals surface area (Å²) >= 11 is 0. The number of aliphatic imine (C=N–C) groups is 1. The molecule has 0 saturated carbocycles. The monoisotopic (exact) mass is 545 g/mol. The van der Waals surface area contributed by atoms with Crippen LogP contribution in [0.25, 0.3) is 0 Å². The summed E-state index contributed by atoms with van der Waals surface area (Å²) in [5.41, 5.74) is 1.15. The van der Waals surface area contributed by atoms with E-state index in [-0.39, 0.29) is 30.0 Å². The van der Waals surface area contributed by atoms with Gasteiger partial charge in [-0.2, -0.15) is 0 Å². The number of fused-ring (bicyclic) bond motifs is 3. The van der Waals surface area contributed by atoms with Gasteiger partial charge in [0.25, 0.3) is 0 Å². The molecule has 0 aromatic heterocycles. The van der Waals surface area contributed by atoms with Crippen molar-refractivity contribution in [3.8, 4) is 11.5 Å². The Bertz CT molecular complexity index is 695. The van der Waals surface area contributed by atoms with E-state index in [0.717, 1.165) is 49.0 Å². The van der Waals surface area contributed by atoms with E-state index < -0.39 is 0 Å². The lowest BCUT2D eigenvalue weighted by Crippen LogP contribution is -2.63.